The van der Waals surface area contributed by atoms with E-state index in [1.807, 2.05) is 24.7 Å². The summed E-state index contributed by atoms with van der Waals surface area (Å²) in [6, 6.07) is 5.58. The minimum absolute atomic E-state index is 0.124. The molecule has 21 heavy (non-hydrogen) atoms. The second-order valence-electron chi connectivity index (χ2n) is 6.64. The Hall–Kier alpha value is -1.68. The molecule has 1 unspecified atom stereocenters. The number of aromatic nitrogens is 2. The van der Waals surface area contributed by atoms with E-state index in [0.717, 1.165) is 18.7 Å². The molecule has 0 fully saturated rings. The lowest BCUT2D eigenvalue weighted by Gasteiger charge is -2.32. The lowest BCUT2D eigenvalue weighted by Crippen LogP contribution is -2.43. The standard InChI is InChI=1S/C17H24FN3/c1-13-9-14(5-6-15(13)18)10-20-16(17(2,3)4)11-21-8-7-19-12-21/h5-9,12,16,20H,10-11H2,1-4H3. The Bertz CT molecular complexity index is 570. The Balaban J connectivity index is 2.03. The van der Waals surface area contributed by atoms with E-state index < -0.39 is 0 Å². The Morgan fingerprint density at radius 2 is 2.10 bits per heavy atom. The predicted molar refractivity (Wildman–Crippen MR) is 83.4 cm³/mol. The maximum absolute atomic E-state index is 13.3. The van der Waals surface area contributed by atoms with Crippen LogP contribution in [-0.2, 0) is 13.1 Å². The molecule has 1 aromatic heterocycles. The number of imidazole rings is 1. The minimum atomic E-state index is -0.149. The Morgan fingerprint density at radius 1 is 1.33 bits per heavy atom. The van der Waals surface area contributed by atoms with Crippen molar-refractivity contribution < 1.29 is 4.39 Å². The highest BCUT2D eigenvalue weighted by atomic mass is 19.1. The molecule has 0 aliphatic rings. The predicted octanol–water partition coefficient (Wildman–Crippen LogP) is 3.54. The highest BCUT2D eigenvalue weighted by Gasteiger charge is 2.24. The number of hydrogen-bond acceptors (Lipinski definition) is 2. The van der Waals surface area contributed by atoms with E-state index in [0.29, 0.717) is 11.6 Å². The number of hydrogen-bond donors (Lipinski definition) is 1. The van der Waals surface area contributed by atoms with Gasteiger partial charge in [0.25, 0.3) is 0 Å². The van der Waals surface area contributed by atoms with Gasteiger partial charge in [-0.05, 0) is 29.5 Å². The van der Waals surface area contributed by atoms with E-state index in [-0.39, 0.29) is 11.2 Å². The molecule has 0 spiro atoms. The molecule has 1 aromatic carbocycles. The van der Waals surface area contributed by atoms with E-state index in [1.165, 1.54) is 6.07 Å². The highest BCUT2D eigenvalue weighted by Crippen LogP contribution is 2.21. The molecule has 0 radical (unpaired) electrons. The molecule has 2 rings (SSSR count). The summed E-state index contributed by atoms with van der Waals surface area (Å²) in [6.07, 6.45) is 5.61. The van der Waals surface area contributed by atoms with Gasteiger partial charge in [-0.3, -0.25) is 0 Å². The third-order valence-electron chi connectivity index (χ3n) is 3.77. The van der Waals surface area contributed by atoms with Crippen LogP contribution in [0.25, 0.3) is 0 Å². The Labute approximate surface area is 126 Å². The fourth-order valence-corrected chi connectivity index (χ4v) is 2.31. The molecular weight excluding hydrogens is 265 g/mol. The second-order valence-corrected chi connectivity index (χ2v) is 6.64. The average Bonchev–Trinajstić information content (AvgIpc) is 2.90. The first-order valence-corrected chi connectivity index (χ1v) is 7.30. The number of halogens is 1. The summed E-state index contributed by atoms with van der Waals surface area (Å²) in [4.78, 5) is 4.09. The Kier molecular flexibility index (Phi) is 4.78. The topological polar surface area (TPSA) is 29.9 Å². The van der Waals surface area contributed by atoms with Crippen LogP contribution in [0, 0.1) is 18.2 Å². The monoisotopic (exact) mass is 289 g/mol. The van der Waals surface area contributed by atoms with E-state index in [1.54, 1.807) is 13.1 Å². The minimum Gasteiger partial charge on any atom is -0.336 e. The van der Waals surface area contributed by atoms with Crippen molar-refractivity contribution in [3.8, 4) is 0 Å². The normalized spacial score (nSPS) is 13.4. The molecule has 1 heterocycles. The van der Waals surface area contributed by atoms with Crippen LogP contribution in [-0.4, -0.2) is 15.6 Å². The highest BCUT2D eigenvalue weighted by molar-refractivity contribution is 5.23. The quantitative estimate of drug-likeness (QED) is 0.912. The van der Waals surface area contributed by atoms with Crippen LogP contribution < -0.4 is 5.32 Å². The zero-order chi connectivity index (χ0) is 15.5. The van der Waals surface area contributed by atoms with Crippen molar-refractivity contribution in [2.45, 2.75) is 46.8 Å². The first-order chi connectivity index (χ1) is 9.86. The SMILES string of the molecule is Cc1cc(CNC(Cn2ccnc2)C(C)(C)C)ccc1F. The molecule has 3 nitrogen and oxygen atoms in total. The summed E-state index contributed by atoms with van der Waals surface area (Å²) in [5.74, 6) is -0.149. The largest absolute Gasteiger partial charge is 0.336 e. The van der Waals surface area contributed by atoms with Gasteiger partial charge in [0.15, 0.2) is 0 Å². The number of nitrogens with zero attached hydrogens (tertiary/aromatic N) is 2. The van der Waals surface area contributed by atoms with Gasteiger partial charge in [-0.25, -0.2) is 9.37 Å². The van der Waals surface area contributed by atoms with Gasteiger partial charge in [-0.1, -0.05) is 32.9 Å². The molecule has 0 amide bonds. The summed E-state index contributed by atoms with van der Waals surface area (Å²) < 4.78 is 15.4. The molecule has 0 aliphatic carbocycles. The van der Waals surface area contributed by atoms with Crippen molar-refractivity contribution in [3.63, 3.8) is 0 Å². The van der Waals surface area contributed by atoms with Gasteiger partial charge in [0.2, 0.25) is 0 Å². The lowest BCUT2D eigenvalue weighted by molar-refractivity contribution is 0.240. The van der Waals surface area contributed by atoms with E-state index in [9.17, 15) is 4.39 Å². The maximum Gasteiger partial charge on any atom is 0.126 e. The lowest BCUT2D eigenvalue weighted by atomic mass is 9.86. The van der Waals surface area contributed by atoms with Crippen molar-refractivity contribution in [1.82, 2.24) is 14.9 Å². The molecule has 0 saturated carbocycles. The fraction of sp³-hybridized carbons (Fsp3) is 0.471. The molecular formula is C17H24FN3. The van der Waals surface area contributed by atoms with Crippen molar-refractivity contribution in [2.24, 2.45) is 5.41 Å². The van der Waals surface area contributed by atoms with E-state index in [4.69, 9.17) is 0 Å². The number of rotatable bonds is 5. The summed E-state index contributed by atoms with van der Waals surface area (Å²) in [5.41, 5.74) is 1.92. The van der Waals surface area contributed by atoms with Crippen LogP contribution in [0.3, 0.4) is 0 Å². The van der Waals surface area contributed by atoms with Gasteiger partial charge < -0.3 is 9.88 Å². The summed E-state index contributed by atoms with van der Waals surface area (Å²) in [5, 5.41) is 3.59. The molecule has 2 aromatic rings. The maximum atomic E-state index is 13.3. The van der Waals surface area contributed by atoms with Crippen LogP contribution in [0.4, 0.5) is 4.39 Å². The van der Waals surface area contributed by atoms with E-state index >= 15 is 0 Å². The van der Waals surface area contributed by atoms with Gasteiger partial charge in [0, 0.05) is 31.5 Å². The average molecular weight is 289 g/mol. The van der Waals surface area contributed by atoms with Crippen LogP contribution in [0.2, 0.25) is 0 Å². The zero-order valence-electron chi connectivity index (χ0n) is 13.2. The van der Waals surface area contributed by atoms with Gasteiger partial charge in [0.1, 0.15) is 5.82 Å². The number of nitrogens with one attached hydrogen (secondary N) is 1. The van der Waals surface area contributed by atoms with Gasteiger partial charge in [0.05, 0.1) is 6.33 Å². The molecule has 1 N–H and O–H groups in total. The van der Waals surface area contributed by atoms with Crippen LogP contribution >= 0.6 is 0 Å². The smallest absolute Gasteiger partial charge is 0.126 e. The van der Waals surface area contributed by atoms with E-state index in [2.05, 4.69) is 35.6 Å². The first-order valence-electron chi connectivity index (χ1n) is 7.30. The summed E-state index contributed by atoms with van der Waals surface area (Å²) in [7, 11) is 0. The second kappa shape index (κ2) is 6.39. The third-order valence-corrected chi connectivity index (χ3v) is 3.77. The van der Waals surface area contributed by atoms with Crippen molar-refractivity contribution >= 4 is 0 Å². The Morgan fingerprint density at radius 3 is 2.67 bits per heavy atom. The number of aryl methyl sites for hydroxylation is 1. The van der Waals surface area contributed by atoms with Crippen molar-refractivity contribution in [2.75, 3.05) is 0 Å². The van der Waals surface area contributed by atoms with Gasteiger partial charge >= 0.3 is 0 Å². The first kappa shape index (κ1) is 15.7. The fourth-order valence-electron chi connectivity index (χ4n) is 2.31. The van der Waals surface area contributed by atoms with Gasteiger partial charge in [-0.15, -0.1) is 0 Å². The third kappa shape index (κ3) is 4.39. The van der Waals surface area contributed by atoms with Crippen molar-refractivity contribution in [1.29, 1.82) is 0 Å². The molecule has 4 heteroatoms. The summed E-state index contributed by atoms with van der Waals surface area (Å²) in [6.45, 7) is 10.1. The molecule has 1 atom stereocenters. The zero-order valence-corrected chi connectivity index (χ0v) is 13.2. The molecule has 0 saturated heterocycles. The van der Waals surface area contributed by atoms with Crippen LogP contribution in [0.15, 0.2) is 36.9 Å². The van der Waals surface area contributed by atoms with Crippen LogP contribution in [0.1, 0.15) is 31.9 Å². The molecule has 114 valence electrons. The van der Waals surface area contributed by atoms with Crippen molar-refractivity contribution in [3.05, 3.63) is 53.9 Å². The summed E-state index contributed by atoms with van der Waals surface area (Å²) >= 11 is 0. The number of benzene rings is 1. The molecule has 0 bridgehead atoms. The van der Waals surface area contributed by atoms with Gasteiger partial charge in [-0.2, -0.15) is 0 Å². The molecule has 0 aliphatic heterocycles. The van der Waals surface area contributed by atoms with Crippen LogP contribution in [0.5, 0.6) is 0 Å².